The molecular weight excluding hydrogens is 276 g/mol. The Morgan fingerprint density at radius 2 is 2.18 bits per heavy atom. The van der Waals surface area contributed by atoms with Gasteiger partial charge in [0.2, 0.25) is 0 Å². The van der Waals surface area contributed by atoms with Crippen LogP contribution >= 0.6 is 15.9 Å². The van der Waals surface area contributed by atoms with Crippen molar-refractivity contribution in [3.8, 4) is 0 Å². The van der Waals surface area contributed by atoms with Crippen LogP contribution in [0, 0.1) is 11.8 Å². The van der Waals surface area contributed by atoms with Gasteiger partial charge in [-0.1, -0.05) is 36.2 Å². The van der Waals surface area contributed by atoms with Crippen molar-refractivity contribution in [3.63, 3.8) is 0 Å². The standard InChI is InChI=1S/C14H21BrN2/c1-3-10-4-6-13(9(10)2)17-14-7-5-11(15)8-12(14)16/h5,7-10,13,17H,3-4,6,16H2,1-2H3. The van der Waals surface area contributed by atoms with Crippen molar-refractivity contribution >= 4 is 27.3 Å². The Labute approximate surface area is 112 Å². The number of anilines is 2. The van der Waals surface area contributed by atoms with Gasteiger partial charge in [0.05, 0.1) is 11.4 Å². The fourth-order valence-electron chi connectivity index (χ4n) is 2.89. The molecule has 3 atom stereocenters. The summed E-state index contributed by atoms with van der Waals surface area (Å²) in [6, 6.07) is 6.63. The van der Waals surface area contributed by atoms with E-state index in [1.165, 1.54) is 19.3 Å². The van der Waals surface area contributed by atoms with Crippen molar-refractivity contribution in [3.05, 3.63) is 22.7 Å². The summed E-state index contributed by atoms with van der Waals surface area (Å²) in [5, 5.41) is 3.60. The van der Waals surface area contributed by atoms with Crippen LogP contribution in [0.25, 0.3) is 0 Å². The number of nitrogens with one attached hydrogen (secondary N) is 1. The predicted molar refractivity (Wildman–Crippen MR) is 78.1 cm³/mol. The number of benzene rings is 1. The quantitative estimate of drug-likeness (QED) is 0.818. The van der Waals surface area contributed by atoms with Crippen molar-refractivity contribution in [1.29, 1.82) is 0 Å². The molecule has 0 heterocycles. The molecular formula is C14H21BrN2. The van der Waals surface area contributed by atoms with Gasteiger partial charge in [-0.3, -0.25) is 0 Å². The summed E-state index contributed by atoms with van der Waals surface area (Å²) in [5.41, 5.74) is 7.92. The zero-order valence-electron chi connectivity index (χ0n) is 10.5. The third-order valence-electron chi connectivity index (χ3n) is 4.11. The van der Waals surface area contributed by atoms with Gasteiger partial charge in [0.25, 0.3) is 0 Å². The molecule has 1 aliphatic rings. The van der Waals surface area contributed by atoms with Crippen LogP contribution in [0.4, 0.5) is 11.4 Å². The lowest BCUT2D eigenvalue weighted by Gasteiger charge is -2.22. The zero-order valence-corrected chi connectivity index (χ0v) is 12.1. The van der Waals surface area contributed by atoms with E-state index in [4.69, 9.17) is 5.73 Å². The normalized spacial score (nSPS) is 28.3. The Kier molecular flexibility index (Phi) is 3.97. The minimum atomic E-state index is 0.573. The molecule has 3 heteroatoms. The van der Waals surface area contributed by atoms with E-state index in [-0.39, 0.29) is 0 Å². The first kappa shape index (κ1) is 12.7. The van der Waals surface area contributed by atoms with Gasteiger partial charge in [-0.05, 0) is 42.9 Å². The average Bonchev–Trinajstić information content (AvgIpc) is 2.64. The number of halogens is 1. The third-order valence-corrected chi connectivity index (χ3v) is 4.60. The molecule has 2 rings (SSSR count). The molecule has 1 aromatic carbocycles. The van der Waals surface area contributed by atoms with Crippen molar-refractivity contribution in [1.82, 2.24) is 0 Å². The highest BCUT2D eigenvalue weighted by atomic mass is 79.9. The van der Waals surface area contributed by atoms with E-state index >= 15 is 0 Å². The lowest BCUT2D eigenvalue weighted by atomic mass is 9.93. The minimum Gasteiger partial charge on any atom is -0.397 e. The summed E-state index contributed by atoms with van der Waals surface area (Å²) in [7, 11) is 0. The van der Waals surface area contributed by atoms with Crippen molar-refractivity contribution < 1.29 is 0 Å². The molecule has 0 saturated heterocycles. The minimum absolute atomic E-state index is 0.573. The summed E-state index contributed by atoms with van der Waals surface area (Å²) < 4.78 is 1.03. The van der Waals surface area contributed by atoms with Crippen LogP contribution in [0.2, 0.25) is 0 Å². The average molecular weight is 297 g/mol. The second-order valence-electron chi connectivity index (χ2n) is 5.09. The molecule has 1 aliphatic carbocycles. The lowest BCUT2D eigenvalue weighted by molar-refractivity contribution is 0.392. The molecule has 3 N–H and O–H groups in total. The smallest absolute Gasteiger partial charge is 0.0576 e. The van der Waals surface area contributed by atoms with E-state index in [2.05, 4.69) is 41.2 Å². The Balaban J connectivity index is 2.06. The molecule has 94 valence electrons. The molecule has 0 aromatic heterocycles. The van der Waals surface area contributed by atoms with Gasteiger partial charge in [-0.25, -0.2) is 0 Å². The topological polar surface area (TPSA) is 38.0 Å². The van der Waals surface area contributed by atoms with E-state index < -0.39 is 0 Å². The highest BCUT2D eigenvalue weighted by Gasteiger charge is 2.31. The summed E-state index contributed by atoms with van der Waals surface area (Å²) in [5.74, 6) is 1.60. The molecule has 1 saturated carbocycles. The first-order valence-electron chi connectivity index (χ1n) is 6.43. The van der Waals surface area contributed by atoms with Gasteiger partial charge in [0, 0.05) is 10.5 Å². The second kappa shape index (κ2) is 5.30. The molecule has 0 radical (unpaired) electrons. The molecule has 3 unspecified atom stereocenters. The van der Waals surface area contributed by atoms with Crippen LogP contribution in [-0.4, -0.2) is 6.04 Å². The monoisotopic (exact) mass is 296 g/mol. The Bertz CT molecular complexity index is 392. The van der Waals surface area contributed by atoms with E-state index in [0.717, 1.165) is 27.7 Å². The largest absolute Gasteiger partial charge is 0.397 e. The van der Waals surface area contributed by atoms with Crippen LogP contribution in [0.3, 0.4) is 0 Å². The third kappa shape index (κ3) is 2.76. The molecule has 1 fully saturated rings. The number of hydrogen-bond donors (Lipinski definition) is 2. The van der Waals surface area contributed by atoms with Gasteiger partial charge >= 0.3 is 0 Å². The van der Waals surface area contributed by atoms with Gasteiger partial charge < -0.3 is 11.1 Å². The maximum atomic E-state index is 6.02. The SMILES string of the molecule is CCC1CCC(Nc2ccc(Br)cc2N)C1C. The van der Waals surface area contributed by atoms with E-state index in [9.17, 15) is 0 Å². The van der Waals surface area contributed by atoms with Crippen molar-refractivity contribution in [2.45, 2.75) is 39.2 Å². The van der Waals surface area contributed by atoms with Crippen LogP contribution in [0.1, 0.15) is 33.1 Å². The molecule has 0 bridgehead atoms. The highest BCUT2D eigenvalue weighted by Crippen LogP contribution is 2.36. The fourth-order valence-corrected chi connectivity index (χ4v) is 3.27. The van der Waals surface area contributed by atoms with Crippen molar-refractivity contribution in [2.24, 2.45) is 11.8 Å². The number of hydrogen-bond acceptors (Lipinski definition) is 2. The number of nitrogens with two attached hydrogens (primary N) is 1. The lowest BCUT2D eigenvalue weighted by Crippen LogP contribution is -2.25. The first-order chi connectivity index (χ1) is 8.11. The van der Waals surface area contributed by atoms with Crippen LogP contribution < -0.4 is 11.1 Å². The van der Waals surface area contributed by atoms with E-state index in [0.29, 0.717) is 6.04 Å². The molecule has 2 nitrogen and oxygen atoms in total. The number of nitrogen functional groups attached to an aromatic ring is 1. The Hall–Kier alpha value is -0.700. The van der Waals surface area contributed by atoms with Crippen molar-refractivity contribution in [2.75, 3.05) is 11.1 Å². The summed E-state index contributed by atoms with van der Waals surface area (Å²) in [6.07, 6.45) is 3.89. The van der Waals surface area contributed by atoms with E-state index in [1.54, 1.807) is 0 Å². The van der Waals surface area contributed by atoms with Gasteiger partial charge in [-0.2, -0.15) is 0 Å². The maximum absolute atomic E-state index is 6.02. The molecule has 0 aliphatic heterocycles. The molecule has 0 amide bonds. The zero-order chi connectivity index (χ0) is 12.4. The summed E-state index contributed by atoms with van der Waals surface area (Å²) in [6.45, 7) is 4.64. The fraction of sp³-hybridized carbons (Fsp3) is 0.571. The van der Waals surface area contributed by atoms with Gasteiger partial charge in [-0.15, -0.1) is 0 Å². The number of rotatable bonds is 3. The van der Waals surface area contributed by atoms with Crippen LogP contribution in [0.5, 0.6) is 0 Å². The second-order valence-corrected chi connectivity index (χ2v) is 6.00. The molecule has 0 spiro atoms. The van der Waals surface area contributed by atoms with Crippen LogP contribution in [0.15, 0.2) is 22.7 Å². The van der Waals surface area contributed by atoms with E-state index in [1.807, 2.05) is 12.1 Å². The molecule has 17 heavy (non-hydrogen) atoms. The Morgan fingerprint density at radius 1 is 1.41 bits per heavy atom. The first-order valence-corrected chi connectivity index (χ1v) is 7.22. The highest BCUT2D eigenvalue weighted by molar-refractivity contribution is 9.10. The van der Waals surface area contributed by atoms with Gasteiger partial charge in [0.15, 0.2) is 0 Å². The van der Waals surface area contributed by atoms with Gasteiger partial charge in [0.1, 0.15) is 0 Å². The predicted octanol–water partition coefficient (Wildman–Crippen LogP) is 4.27. The van der Waals surface area contributed by atoms with Crippen LogP contribution in [-0.2, 0) is 0 Å². The summed E-state index contributed by atoms with van der Waals surface area (Å²) >= 11 is 3.43. The maximum Gasteiger partial charge on any atom is 0.0576 e. The molecule has 1 aromatic rings. The Morgan fingerprint density at radius 3 is 2.76 bits per heavy atom. The summed E-state index contributed by atoms with van der Waals surface area (Å²) in [4.78, 5) is 0.